The molecule has 0 heterocycles. The highest BCUT2D eigenvalue weighted by Crippen LogP contribution is 2.34. The molecule has 0 saturated carbocycles. The van der Waals surface area contributed by atoms with Crippen LogP contribution in [0.1, 0.15) is 11.1 Å². The molecule has 0 amide bonds. The molecule has 1 atom stereocenters. The summed E-state index contributed by atoms with van der Waals surface area (Å²) in [6.45, 7) is -2.14. The van der Waals surface area contributed by atoms with Crippen LogP contribution in [0.2, 0.25) is 6.04 Å². The summed E-state index contributed by atoms with van der Waals surface area (Å²) in [5, 5.41) is 0. The van der Waals surface area contributed by atoms with Crippen LogP contribution in [-0.4, -0.2) is 91.5 Å². The molecule has 168 valence electrons. The molecule has 0 saturated heterocycles. The minimum Gasteiger partial charge on any atom is -0.514 e. The first-order chi connectivity index (χ1) is 14.4. The molecule has 14 heteroatoms. The van der Waals surface area contributed by atoms with Crippen molar-refractivity contribution in [3.8, 4) is 49.1 Å². The first-order valence-electron chi connectivity index (χ1n) is 10.0. The standard InChI is InChI=1S/C17H34O5Si9/c1-7-20-28(21-8-2)29(31(25,26)27,30(23,24)22-9-3)11-10-15-12-14(4)16(18-5)13-17(15)19-6/h1-3,12-13,28H,10-11H2,4-6,23-27H3. The largest absolute Gasteiger partial charge is 0.514 e. The molecule has 0 aliphatic carbocycles. The first-order valence-corrected chi connectivity index (χ1v) is 38.4. The molecular weight excluding hydrogens is 537 g/mol. The van der Waals surface area contributed by atoms with Crippen LogP contribution in [0.3, 0.4) is 0 Å². The lowest BCUT2D eigenvalue weighted by Gasteiger charge is -2.50. The van der Waals surface area contributed by atoms with Crippen LogP contribution < -0.4 is 9.47 Å². The summed E-state index contributed by atoms with van der Waals surface area (Å²) < 4.78 is 29.3. The third-order valence-electron chi connectivity index (χ3n) is 6.07. The van der Waals surface area contributed by atoms with E-state index in [1.54, 1.807) is 14.2 Å². The number of hydrogen-bond donors (Lipinski definition) is 0. The second-order valence-electron chi connectivity index (χ2n) is 8.89. The summed E-state index contributed by atoms with van der Waals surface area (Å²) >= 11 is 0. The van der Waals surface area contributed by atoms with Crippen molar-refractivity contribution in [1.82, 2.24) is 0 Å². The van der Waals surface area contributed by atoms with Crippen LogP contribution in [0.25, 0.3) is 0 Å². The van der Waals surface area contributed by atoms with Gasteiger partial charge in [0.1, 0.15) is 11.5 Å². The van der Waals surface area contributed by atoms with Crippen molar-refractivity contribution in [1.29, 1.82) is 0 Å². The number of benzene rings is 1. The maximum absolute atomic E-state index is 6.24. The third kappa shape index (κ3) is 6.01. The molecule has 0 N–H and O–H groups in total. The van der Waals surface area contributed by atoms with Gasteiger partial charge in [-0.2, -0.15) is 0 Å². The van der Waals surface area contributed by atoms with E-state index in [4.69, 9.17) is 42.0 Å². The molecule has 0 aliphatic heterocycles. The van der Waals surface area contributed by atoms with Crippen molar-refractivity contribution in [2.24, 2.45) is 0 Å². The van der Waals surface area contributed by atoms with Crippen molar-refractivity contribution in [3.63, 3.8) is 0 Å². The van der Waals surface area contributed by atoms with Gasteiger partial charge in [-0.25, -0.2) is 0 Å². The predicted octanol–water partition coefficient (Wildman–Crippen LogP) is -5.01. The van der Waals surface area contributed by atoms with E-state index in [0.29, 0.717) is 0 Å². The van der Waals surface area contributed by atoms with Gasteiger partial charge in [0.25, 0.3) is 0 Å². The lowest BCUT2D eigenvalue weighted by atomic mass is 10.1. The van der Waals surface area contributed by atoms with E-state index >= 15 is 0 Å². The average Bonchev–Trinajstić information content (AvgIpc) is 2.67. The summed E-state index contributed by atoms with van der Waals surface area (Å²) in [7, 11) is 6.62. The number of ether oxygens (including phenoxy) is 2. The second-order valence-corrected chi connectivity index (χ2v) is 116. The molecule has 1 rings (SSSR count). The molecule has 0 spiro atoms. The normalized spacial score (nSPS) is 16.8. The highest BCUT2D eigenvalue weighted by Gasteiger charge is 2.67. The fourth-order valence-electron chi connectivity index (χ4n) is 4.59. The van der Waals surface area contributed by atoms with Gasteiger partial charge in [-0.3, -0.25) is 0 Å². The molecule has 1 aromatic rings. The molecule has 31 heavy (non-hydrogen) atoms. The van der Waals surface area contributed by atoms with Crippen molar-refractivity contribution in [2.45, 2.75) is 19.4 Å². The second kappa shape index (κ2) is 11.6. The van der Waals surface area contributed by atoms with Crippen LogP contribution in [0.15, 0.2) is 12.1 Å². The number of terminal acetylenes is 3. The number of rotatable bonds is 11. The van der Waals surface area contributed by atoms with Gasteiger partial charge in [0.2, 0.25) is 6.87 Å². The fourth-order valence-corrected chi connectivity index (χ4v) is 274. The van der Waals surface area contributed by atoms with Gasteiger partial charge in [-0.05, 0) is 59.8 Å². The third-order valence-corrected chi connectivity index (χ3v) is 155. The molecule has 0 radical (unpaired) electrons. The maximum Gasteiger partial charge on any atom is 0.432 e. The summed E-state index contributed by atoms with van der Waals surface area (Å²) in [4.78, 5) is 0. The Kier molecular flexibility index (Phi) is 10.5. The zero-order valence-corrected chi connectivity index (χ0v) is 34.1. The van der Waals surface area contributed by atoms with Gasteiger partial charge < -0.3 is 22.8 Å². The van der Waals surface area contributed by atoms with Crippen molar-refractivity contribution < 1.29 is 22.8 Å². The SMILES string of the molecule is C#CO[SiH](OC#C)[Si](CCc1cc(C)c(OC)cc1OC)([Si]([SiH3])([SiH3])[SiH3])[Si]([SiH3])([SiH3])OC#C. The number of aryl methyl sites for hydroxylation is 2. The predicted molar refractivity (Wildman–Crippen MR) is 157 cm³/mol. The van der Waals surface area contributed by atoms with E-state index in [9.17, 15) is 0 Å². The summed E-state index contributed by atoms with van der Waals surface area (Å²) in [6.07, 6.45) is 23.8. The molecule has 0 aromatic heterocycles. The number of hydrogen-bond acceptors (Lipinski definition) is 5. The van der Waals surface area contributed by atoms with E-state index in [0.717, 1.165) is 49.0 Å². The zero-order valence-electron chi connectivity index (χ0n) is 19.9. The van der Waals surface area contributed by atoms with Gasteiger partial charge in [0.15, 0.2) is 6.63 Å². The Bertz CT molecular complexity index is 881. The highest BCUT2D eigenvalue weighted by molar-refractivity contribution is 8.11. The Morgan fingerprint density at radius 1 is 0.903 bits per heavy atom. The van der Waals surface area contributed by atoms with Gasteiger partial charge >= 0.3 is 8.80 Å². The monoisotopic (exact) mass is 570 g/mol. The van der Waals surface area contributed by atoms with Crippen molar-refractivity contribution in [2.75, 3.05) is 14.2 Å². The van der Waals surface area contributed by atoms with Crippen LogP contribution in [0.5, 0.6) is 11.5 Å². The van der Waals surface area contributed by atoms with Crippen LogP contribution in [0, 0.1) is 44.5 Å². The summed E-state index contributed by atoms with van der Waals surface area (Å²) in [5.74, 6) is 1.67. The number of methoxy groups -OCH3 is 2. The van der Waals surface area contributed by atoms with Crippen LogP contribution >= 0.6 is 0 Å². The fraction of sp³-hybridized carbons (Fsp3) is 0.294. The Morgan fingerprint density at radius 2 is 1.45 bits per heavy atom. The molecular formula is C17H34O5Si9. The summed E-state index contributed by atoms with van der Waals surface area (Å²) in [5.41, 5.74) is 2.26. The first kappa shape index (κ1) is 27.9. The smallest absolute Gasteiger partial charge is 0.432 e. The Hall–Kier alpha value is -1.15. The van der Waals surface area contributed by atoms with E-state index < -0.39 is 28.4 Å². The van der Waals surface area contributed by atoms with Gasteiger partial charge in [0, 0.05) is 31.7 Å². The van der Waals surface area contributed by atoms with Crippen LogP contribution in [-0.2, 0) is 19.7 Å². The maximum atomic E-state index is 6.24. The zero-order chi connectivity index (χ0) is 23.9. The van der Waals surface area contributed by atoms with Gasteiger partial charge in [-0.1, -0.05) is 25.3 Å². The van der Waals surface area contributed by atoms with E-state index in [1.165, 1.54) is 34.8 Å². The minimum absolute atomic E-state index is 0.824. The Balaban J connectivity index is 3.66. The molecule has 0 bridgehead atoms. The van der Waals surface area contributed by atoms with E-state index in [2.05, 4.69) is 31.3 Å². The molecule has 1 unspecified atom stereocenters. The highest BCUT2D eigenvalue weighted by atomic mass is 30.4. The molecule has 0 fully saturated rings. The average molecular weight is 571 g/mol. The Labute approximate surface area is 205 Å². The minimum atomic E-state index is -2.28. The Morgan fingerprint density at radius 3 is 1.87 bits per heavy atom. The van der Waals surface area contributed by atoms with Crippen molar-refractivity contribution in [3.05, 3.63) is 23.3 Å². The topological polar surface area (TPSA) is 46.2 Å². The van der Waals surface area contributed by atoms with Gasteiger partial charge in [-0.15, -0.1) is 0 Å². The van der Waals surface area contributed by atoms with E-state index in [1.807, 2.05) is 6.07 Å². The molecule has 0 aliphatic rings. The van der Waals surface area contributed by atoms with Crippen molar-refractivity contribution >= 4 is 77.2 Å². The molecule has 5 nitrogen and oxygen atoms in total. The lowest BCUT2D eigenvalue weighted by molar-refractivity contribution is 0.389. The summed E-state index contributed by atoms with van der Waals surface area (Å²) in [6, 6.07) is 5.16. The lowest BCUT2D eigenvalue weighted by Crippen LogP contribution is -2.88. The van der Waals surface area contributed by atoms with E-state index in [-0.39, 0.29) is 0 Å². The quantitative estimate of drug-likeness (QED) is 0.197. The van der Waals surface area contributed by atoms with Gasteiger partial charge in [0.05, 0.1) is 32.5 Å². The van der Waals surface area contributed by atoms with Crippen LogP contribution in [0.4, 0.5) is 0 Å². The molecule has 1 aromatic carbocycles.